The third-order valence-electron chi connectivity index (χ3n) is 1.94. The Kier molecular flexibility index (Phi) is 2.06. The van der Waals surface area contributed by atoms with E-state index < -0.39 is 0 Å². The minimum atomic E-state index is -0.0247. The molecule has 0 unspecified atom stereocenters. The van der Waals surface area contributed by atoms with E-state index in [0.29, 0.717) is 24.8 Å². The Hall–Kier alpha value is -1.29. The van der Waals surface area contributed by atoms with Gasteiger partial charge in [-0.15, -0.1) is 0 Å². The number of hydrogen-bond acceptors (Lipinski definition) is 4. The zero-order chi connectivity index (χ0) is 9.26. The van der Waals surface area contributed by atoms with Gasteiger partial charge >= 0.3 is 0 Å². The summed E-state index contributed by atoms with van der Waals surface area (Å²) in [5, 5.41) is 0. The van der Waals surface area contributed by atoms with Crippen molar-refractivity contribution in [2.24, 2.45) is 5.73 Å². The highest BCUT2D eigenvalue weighted by atomic mass is 16.6. The fourth-order valence-electron chi connectivity index (χ4n) is 1.20. The second kappa shape index (κ2) is 3.22. The molecule has 4 nitrogen and oxygen atoms in total. The molecular formula is C9H12N2O2. The lowest BCUT2D eigenvalue weighted by molar-refractivity contribution is 0.164. The van der Waals surface area contributed by atoms with E-state index in [0.717, 1.165) is 5.56 Å². The molecule has 1 aromatic heterocycles. The van der Waals surface area contributed by atoms with Crippen LogP contribution in [0.1, 0.15) is 18.5 Å². The Morgan fingerprint density at radius 2 is 2.23 bits per heavy atom. The van der Waals surface area contributed by atoms with E-state index in [1.807, 2.05) is 13.0 Å². The van der Waals surface area contributed by atoms with E-state index in [9.17, 15) is 0 Å². The molecule has 0 saturated heterocycles. The van der Waals surface area contributed by atoms with E-state index in [1.54, 1.807) is 6.20 Å². The van der Waals surface area contributed by atoms with Crippen molar-refractivity contribution in [3.63, 3.8) is 0 Å². The Morgan fingerprint density at radius 3 is 3.00 bits per heavy atom. The third-order valence-corrected chi connectivity index (χ3v) is 1.94. The smallest absolute Gasteiger partial charge is 0.257 e. The number of pyridine rings is 1. The largest absolute Gasteiger partial charge is 0.484 e. The van der Waals surface area contributed by atoms with Crippen molar-refractivity contribution >= 4 is 0 Å². The second-order valence-corrected chi connectivity index (χ2v) is 3.06. The van der Waals surface area contributed by atoms with Crippen LogP contribution in [0, 0.1) is 0 Å². The molecule has 0 saturated carbocycles. The van der Waals surface area contributed by atoms with Gasteiger partial charge in [-0.2, -0.15) is 0 Å². The summed E-state index contributed by atoms with van der Waals surface area (Å²) in [6.07, 6.45) is 1.72. The summed E-state index contributed by atoms with van der Waals surface area (Å²) in [5.74, 6) is 1.26. The summed E-state index contributed by atoms with van der Waals surface area (Å²) in [5.41, 5.74) is 6.67. The second-order valence-electron chi connectivity index (χ2n) is 3.06. The summed E-state index contributed by atoms with van der Waals surface area (Å²) in [7, 11) is 0. The number of nitrogens with zero attached hydrogens (tertiary/aromatic N) is 1. The predicted octanol–water partition coefficient (Wildman–Crippen LogP) is 0.873. The zero-order valence-corrected chi connectivity index (χ0v) is 7.49. The molecule has 2 rings (SSSR count). The molecule has 0 radical (unpaired) electrons. The van der Waals surface area contributed by atoms with Crippen molar-refractivity contribution in [2.45, 2.75) is 13.0 Å². The molecular weight excluding hydrogens is 168 g/mol. The number of hydrogen-bond donors (Lipinski definition) is 1. The Bertz CT molecular complexity index is 312. The maximum atomic E-state index is 5.71. The van der Waals surface area contributed by atoms with Crippen molar-refractivity contribution in [3.8, 4) is 11.6 Å². The predicted molar refractivity (Wildman–Crippen MR) is 47.8 cm³/mol. The van der Waals surface area contributed by atoms with Crippen molar-refractivity contribution < 1.29 is 9.47 Å². The van der Waals surface area contributed by atoms with Crippen LogP contribution in [0.25, 0.3) is 0 Å². The van der Waals surface area contributed by atoms with Crippen LogP contribution < -0.4 is 15.2 Å². The summed E-state index contributed by atoms with van der Waals surface area (Å²) in [4.78, 5) is 4.11. The average Bonchev–Trinajstić information content (AvgIpc) is 2.17. The molecule has 0 spiro atoms. The molecule has 4 heteroatoms. The molecule has 2 N–H and O–H groups in total. The van der Waals surface area contributed by atoms with E-state index in [2.05, 4.69) is 4.98 Å². The minimum Gasteiger partial charge on any atom is -0.484 e. The van der Waals surface area contributed by atoms with E-state index >= 15 is 0 Å². The third kappa shape index (κ3) is 1.58. The topological polar surface area (TPSA) is 57.4 Å². The SMILES string of the molecule is C[C@H](N)c1cnc2c(c1)OCCO2. The number of rotatable bonds is 1. The lowest BCUT2D eigenvalue weighted by Gasteiger charge is -2.18. The first-order chi connectivity index (χ1) is 6.27. The lowest BCUT2D eigenvalue weighted by atomic mass is 10.1. The maximum absolute atomic E-state index is 5.71. The Labute approximate surface area is 76.7 Å². The molecule has 0 amide bonds. The van der Waals surface area contributed by atoms with Gasteiger partial charge in [0.2, 0.25) is 0 Å². The van der Waals surface area contributed by atoms with Crippen LogP contribution in [0.15, 0.2) is 12.3 Å². The summed E-state index contributed by atoms with van der Waals surface area (Å²) in [6, 6.07) is 1.86. The molecule has 0 aliphatic carbocycles. The van der Waals surface area contributed by atoms with E-state index in [4.69, 9.17) is 15.2 Å². The van der Waals surface area contributed by atoms with E-state index in [-0.39, 0.29) is 6.04 Å². The van der Waals surface area contributed by atoms with E-state index in [1.165, 1.54) is 0 Å². The quantitative estimate of drug-likeness (QED) is 0.696. The highest BCUT2D eigenvalue weighted by Crippen LogP contribution is 2.29. The van der Waals surface area contributed by atoms with Gasteiger partial charge in [-0.1, -0.05) is 0 Å². The maximum Gasteiger partial charge on any atom is 0.257 e. The highest BCUT2D eigenvalue weighted by Gasteiger charge is 2.14. The van der Waals surface area contributed by atoms with Crippen LogP contribution in [0.5, 0.6) is 11.6 Å². The standard InChI is InChI=1S/C9H12N2O2/c1-6(10)7-4-8-9(11-5-7)13-3-2-12-8/h4-6H,2-3,10H2,1H3/t6-/m0/s1. The van der Waals surface area contributed by atoms with Crippen molar-refractivity contribution in [3.05, 3.63) is 17.8 Å². The van der Waals surface area contributed by atoms with Crippen molar-refractivity contribution in [1.29, 1.82) is 0 Å². The van der Waals surface area contributed by atoms with Gasteiger partial charge in [0.1, 0.15) is 13.2 Å². The summed E-state index contributed by atoms with van der Waals surface area (Å²) in [6.45, 7) is 3.06. The van der Waals surface area contributed by atoms with Crippen molar-refractivity contribution in [1.82, 2.24) is 4.98 Å². The van der Waals surface area contributed by atoms with Gasteiger partial charge in [-0.05, 0) is 18.6 Å². The number of ether oxygens (including phenoxy) is 2. The van der Waals surface area contributed by atoms with Crippen LogP contribution in [0.4, 0.5) is 0 Å². The number of aromatic nitrogens is 1. The molecule has 0 bridgehead atoms. The van der Waals surface area contributed by atoms with Crippen LogP contribution in [0.2, 0.25) is 0 Å². The van der Waals surface area contributed by atoms with Crippen LogP contribution >= 0.6 is 0 Å². The fourth-order valence-corrected chi connectivity index (χ4v) is 1.20. The van der Waals surface area contributed by atoms with Crippen LogP contribution in [0.3, 0.4) is 0 Å². The number of fused-ring (bicyclic) bond motifs is 1. The first kappa shape index (κ1) is 8.31. The first-order valence-electron chi connectivity index (χ1n) is 4.28. The minimum absolute atomic E-state index is 0.0247. The molecule has 2 heterocycles. The molecule has 1 aromatic rings. The molecule has 13 heavy (non-hydrogen) atoms. The summed E-state index contributed by atoms with van der Waals surface area (Å²) >= 11 is 0. The Morgan fingerprint density at radius 1 is 1.46 bits per heavy atom. The Balaban J connectivity index is 2.35. The van der Waals surface area contributed by atoms with Gasteiger partial charge in [0.15, 0.2) is 5.75 Å². The normalized spacial score (nSPS) is 16.8. The first-order valence-corrected chi connectivity index (χ1v) is 4.28. The average molecular weight is 180 g/mol. The van der Waals surface area contributed by atoms with Gasteiger partial charge in [-0.25, -0.2) is 4.98 Å². The van der Waals surface area contributed by atoms with Crippen molar-refractivity contribution in [2.75, 3.05) is 13.2 Å². The molecule has 0 fully saturated rings. The molecule has 0 aromatic carbocycles. The lowest BCUT2D eigenvalue weighted by Crippen LogP contribution is -2.17. The highest BCUT2D eigenvalue weighted by molar-refractivity contribution is 5.38. The van der Waals surface area contributed by atoms with Gasteiger partial charge < -0.3 is 15.2 Å². The summed E-state index contributed by atoms with van der Waals surface area (Å²) < 4.78 is 10.7. The van der Waals surface area contributed by atoms with Gasteiger partial charge in [0, 0.05) is 12.2 Å². The van der Waals surface area contributed by atoms with Crippen LogP contribution in [-0.4, -0.2) is 18.2 Å². The molecule has 70 valence electrons. The molecule has 1 aliphatic heterocycles. The zero-order valence-electron chi connectivity index (χ0n) is 7.49. The van der Waals surface area contributed by atoms with Gasteiger partial charge in [0.05, 0.1) is 0 Å². The fraction of sp³-hybridized carbons (Fsp3) is 0.444. The molecule has 1 atom stereocenters. The van der Waals surface area contributed by atoms with Gasteiger partial charge in [-0.3, -0.25) is 0 Å². The van der Waals surface area contributed by atoms with Gasteiger partial charge in [0.25, 0.3) is 5.88 Å². The van der Waals surface area contributed by atoms with Crippen LogP contribution in [-0.2, 0) is 0 Å². The monoisotopic (exact) mass is 180 g/mol. The number of nitrogens with two attached hydrogens (primary N) is 1. The molecule has 1 aliphatic rings.